The van der Waals surface area contributed by atoms with E-state index in [1.54, 1.807) is 24.3 Å². The lowest BCUT2D eigenvalue weighted by atomic mass is 9.77. The summed E-state index contributed by atoms with van der Waals surface area (Å²) in [6, 6.07) is 6.76. The summed E-state index contributed by atoms with van der Waals surface area (Å²) in [7, 11) is 2.13. The highest BCUT2D eigenvalue weighted by molar-refractivity contribution is 5.93. The van der Waals surface area contributed by atoms with E-state index >= 15 is 0 Å². The number of hydrogen-bond donors (Lipinski definition) is 3. The molecule has 0 saturated carbocycles. The monoisotopic (exact) mass is 400 g/mol. The van der Waals surface area contributed by atoms with E-state index in [9.17, 15) is 9.18 Å². The molecule has 2 heterocycles. The van der Waals surface area contributed by atoms with Crippen molar-refractivity contribution in [3.05, 3.63) is 41.8 Å². The number of halogens is 1. The predicted octanol–water partition coefficient (Wildman–Crippen LogP) is 3.52. The highest BCUT2D eigenvalue weighted by atomic mass is 19.1. The lowest BCUT2D eigenvalue weighted by molar-refractivity contribution is -0.00778. The molecule has 7 nitrogen and oxygen atoms in total. The number of rotatable bonds is 5. The summed E-state index contributed by atoms with van der Waals surface area (Å²) >= 11 is 0. The Kier molecular flexibility index (Phi) is 5.49. The number of primary amides is 1. The van der Waals surface area contributed by atoms with Crippen LogP contribution in [0.25, 0.3) is 0 Å². The van der Waals surface area contributed by atoms with Crippen molar-refractivity contribution >= 4 is 23.4 Å². The smallest absolute Gasteiger partial charge is 0.248 e. The Labute approximate surface area is 170 Å². The van der Waals surface area contributed by atoms with E-state index in [1.165, 1.54) is 0 Å². The molecule has 8 heteroatoms. The van der Waals surface area contributed by atoms with Crippen molar-refractivity contribution in [1.29, 1.82) is 0 Å². The van der Waals surface area contributed by atoms with Crippen molar-refractivity contribution in [2.24, 2.45) is 5.73 Å². The maximum atomic E-state index is 14.4. The van der Waals surface area contributed by atoms with E-state index in [0.29, 0.717) is 11.3 Å². The summed E-state index contributed by atoms with van der Waals surface area (Å²) in [6.45, 7) is 8.77. The molecule has 1 aliphatic rings. The van der Waals surface area contributed by atoms with Crippen LogP contribution >= 0.6 is 0 Å². The fourth-order valence-electron chi connectivity index (χ4n) is 4.07. The fraction of sp³-hybridized carbons (Fsp3) is 0.476. The zero-order valence-electron chi connectivity index (χ0n) is 17.6. The summed E-state index contributed by atoms with van der Waals surface area (Å²) in [5.41, 5.74) is 6.22. The van der Waals surface area contributed by atoms with Gasteiger partial charge in [0.2, 0.25) is 11.9 Å². The third-order valence-electron chi connectivity index (χ3n) is 5.80. The minimum absolute atomic E-state index is 0.0286. The number of hydrogen-bond acceptors (Lipinski definition) is 6. The highest BCUT2D eigenvalue weighted by Crippen LogP contribution is 2.38. The molecule has 0 radical (unpaired) electrons. The van der Waals surface area contributed by atoms with Gasteiger partial charge in [-0.15, -0.1) is 0 Å². The Bertz CT molecular complexity index is 896. The summed E-state index contributed by atoms with van der Waals surface area (Å²) in [5, 5.41) is 6.27. The van der Waals surface area contributed by atoms with Crippen LogP contribution in [0.5, 0.6) is 0 Å². The number of likely N-dealkylation sites (tertiary alicyclic amines) is 1. The molecule has 1 aromatic heterocycles. The van der Waals surface area contributed by atoms with Gasteiger partial charge >= 0.3 is 0 Å². The van der Waals surface area contributed by atoms with Crippen molar-refractivity contribution in [3.63, 3.8) is 0 Å². The summed E-state index contributed by atoms with van der Waals surface area (Å²) in [5.74, 6) is -0.629. The number of nitrogens with one attached hydrogen (secondary N) is 2. The first-order valence-electron chi connectivity index (χ1n) is 9.68. The molecule has 1 saturated heterocycles. The predicted molar refractivity (Wildman–Crippen MR) is 113 cm³/mol. The first-order chi connectivity index (χ1) is 13.5. The largest absolute Gasteiger partial charge is 0.366 e. The molecule has 156 valence electrons. The van der Waals surface area contributed by atoms with Crippen LogP contribution in [0, 0.1) is 5.82 Å². The van der Waals surface area contributed by atoms with Gasteiger partial charge < -0.3 is 16.4 Å². The van der Waals surface area contributed by atoms with Gasteiger partial charge in [0, 0.05) is 28.4 Å². The Morgan fingerprint density at radius 3 is 2.52 bits per heavy atom. The number of nitrogens with two attached hydrogens (primary N) is 1. The molecule has 1 aliphatic heterocycles. The first kappa shape index (κ1) is 21.0. The van der Waals surface area contributed by atoms with Crippen LogP contribution in [0.3, 0.4) is 0 Å². The molecule has 0 aliphatic carbocycles. The van der Waals surface area contributed by atoms with Crippen LogP contribution in [0.2, 0.25) is 0 Å². The molecule has 0 bridgehead atoms. The lowest BCUT2D eigenvalue weighted by Crippen LogP contribution is -2.61. The number of anilines is 3. The van der Waals surface area contributed by atoms with Gasteiger partial charge in [0.25, 0.3) is 0 Å². The molecule has 29 heavy (non-hydrogen) atoms. The van der Waals surface area contributed by atoms with Gasteiger partial charge in [-0.05, 0) is 65.8 Å². The van der Waals surface area contributed by atoms with Crippen molar-refractivity contribution in [3.8, 4) is 0 Å². The molecule has 0 atom stereocenters. The number of benzene rings is 1. The molecular weight excluding hydrogens is 371 g/mol. The number of piperidine rings is 1. The number of carbonyl (C=O) groups excluding carboxylic acids is 1. The summed E-state index contributed by atoms with van der Waals surface area (Å²) in [6.07, 6.45) is 2.86. The van der Waals surface area contributed by atoms with Crippen molar-refractivity contribution in [1.82, 2.24) is 14.9 Å². The summed E-state index contributed by atoms with van der Waals surface area (Å²) < 4.78 is 14.4. The minimum Gasteiger partial charge on any atom is -0.366 e. The average Bonchev–Trinajstić information content (AvgIpc) is 2.62. The second kappa shape index (κ2) is 7.59. The van der Waals surface area contributed by atoms with Crippen LogP contribution in [-0.2, 0) is 0 Å². The van der Waals surface area contributed by atoms with E-state index < -0.39 is 11.7 Å². The molecular formula is C21H29FN6O. The number of carbonyl (C=O) groups is 1. The third-order valence-corrected chi connectivity index (χ3v) is 5.80. The van der Waals surface area contributed by atoms with Crippen LogP contribution in [0.15, 0.2) is 30.5 Å². The first-order valence-corrected chi connectivity index (χ1v) is 9.68. The van der Waals surface area contributed by atoms with Gasteiger partial charge in [-0.25, -0.2) is 9.37 Å². The average molecular weight is 401 g/mol. The van der Waals surface area contributed by atoms with E-state index in [2.05, 4.69) is 60.2 Å². The van der Waals surface area contributed by atoms with Crippen molar-refractivity contribution in [2.45, 2.75) is 57.7 Å². The quantitative estimate of drug-likeness (QED) is 0.711. The van der Waals surface area contributed by atoms with Crippen molar-refractivity contribution < 1.29 is 9.18 Å². The van der Waals surface area contributed by atoms with E-state index in [0.717, 1.165) is 19.0 Å². The molecule has 3 rings (SSSR count). The highest BCUT2D eigenvalue weighted by Gasteiger charge is 2.43. The minimum atomic E-state index is -0.525. The van der Waals surface area contributed by atoms with Crippen LogP contribution < -0.4 is 16.4 Å². The number of aromatic nitrogens is 2. The van der Waals surface area contributed by atoms with Gasteiger partial charge in [-0.3, -0.25) is 9.69 Å². The van der Waals surface area contributed by atoms with E-state index in [-0.39, 0.29) is 28.9 Å². The fourth-order valence-corrected chi connectivity index (χ4v) is 4.07. The Morgan fingerprint density at radius 1 is 1.24 bits per heavy atom. The zero-order chi connectivity index (χ0) is 21.4. The molecule has 1 amide bonds. The number of nitrogens with zero attached hydrogens (tertiary/aromatic N) is 3. The lowest BCUT2D eigenvalue weighted by Gasteiger charge is -2.53. The van der Waals surface area contributed by atoms with Gasteiger partial charge in [0.15, 0.2) is 11.6 Å². The van der Waals surface area contributed by atoms with Gasteiger partial charge in [-0.1, -0.05) is 6.07 Å². The Hall–Kier alpha value is -2.74. The van der Waals surface area contributed by atoms with Gasteiger partial charge in [0.1, 0.15) is 0 Å². The zero-order valence-corrected chi connectivity index (χ0v) is 17.6. The maximum absolute atomic E-state index is 14.4. The second-order valence-corrected chi connectivity index (χ2v) is 8.89. The second-order valence-electron chi connectivity index (χ2n) is 8.89. The Balaban J connectivity index is 1.79. The number of amides is 1. The molecule has 2 aromatic rings. The van der Waals surface area contributed by atoms with Crippen molar-refractivity contribution in [2.75, 3.05) is 17.7 Å². The van der Waals surface area contributed by atoms with E-state index in [1.807, 2.05) is 0 Å². The van der Waals surface area contributed by atoms with Crippen LogP contribution in [0.4, 0.5) is 21.8 Å². The normalized spacial score (nSPS) is 19.0. The molecule has 1 fully saturated rings. The maximum Gasteiger partial charge on any atom is 0.248 e. The van der Waals surface area contributed by atoms with Crippen LogP contribution in [-0.4, -0.2) is 44.9 Å². The SMILES string of the molecule is CN1C(C)(C)CC(Nc2nc(Nc3cccc(C(N)=O)c3)ncc2F)CC1(C)C. The van der Waals surface area contributed by atoms with Gasteiger partial charge in [-0.2, -0.15) is 4.98 Å². The van der Waals surface area contributed by atoms with Gasteiger partial charge in [0.05, 0.1) is 6.20 Å². The molecule has 4 N–H and O–H groups in total. The van der Waals surface area contributed by atoms with Crippen LogP contribution in [0.1, 0.15) is 50.9 Å². The molecule has 1 aromatic carbocycles. The third kappa shape index (κ3) is 4.64. The molecule has 0 unspecified atom stereocenters. The standard InChI is InChI=1S/C21H29FN6O/c1-20(2)10-15(11-21(3,4)28(20)5)25-18-16(22)12-24-19(27-18)26-14-8-6-7-13(9-14)17(23)29/h6-9,12,15H,10-11H2,1-5H3,(H2,23,29)(H2,24,25,26,27). The topological polar surface area (TPSA) is 96.2 Å². The summed E-state index contributed by atoms with van der Waals surface area (Å²) in [4.78, 5) is 22.0. The van der Waals surface area contributed by atoms with E-state index in [4.69, 9.17) is 5.73 Å². The molecule has 0 spiro atoms. The Morgan fingerprint density at radius 2 is 1.90 bits per heavy atom.